The van der Waals surface area contributed by atoms with Crippen LogP contribution in [0.25, 0.3) is 0 Å². The van der Waals surface area contributed by atoms with Crippen molar-refractivity contribution in [2.45, 2.75) is 297 Å². The van der Waals surface area contributed by atoms with E-state index in [4.69, 9.17) is 14.2 Å². The van der Waals surface area contributed by atoms with Gasteiger partial charge in [0.25, 0.3) is 0 Å². The summed E-state index contributed by atoms with van der Waals surface area (Å²) in [6.45, 7) is 8.96. The van der Waals surface area contributed by atoms with Gasteiger partial charge >= 0.3 is 17.9 Å². The normalized spacial score (nSPS) is 11.9. The van der Waals surface area contributed by atoms with E-state index in [0.29, 0.717) is 19.3 Å². The van der Waals surface area contributed by atoms with Gasteiger partial charge in [-0.1, -0.05) is 252 Å². The Bertz CT molecular complexity index is 872. The molecule has 0 saturated heterocycles. The molecule has 6 nitrogen and oxygen atoms in total. The van der Waals surface area contributed by atoms with Crippen molar-refractivity contribution >= 4 is 17.9 Å². The van der Waals surface area contributed by atoms with E-state index in [-0.39, 0.29) is 31.1 Å². The zero-order chi connectivity index (χ0) is 42.4. The molecule has 6 heteroatoms. The molecule has 0 aromatic rings. The van der Waals surface area contributed by atoms with E-state index in [0.717, 1.165) is 63.7 Å². The van der Waals surface area contributed by atoms with E-state index >= 15 is 0 Å². The lowest BCUT2D eigenvalue weighted by atomic mass is 10.0. The number of carbonyl (C=O) groups excluding carboxylic acids is 3. The maximum atomic E-state index is 12.7. The minimum Gasteiger partial charge on any atom is -0.462 e. The zero-order valence-electron chi connectivity index (χ0n) is 39.5. The maximum absolute atomic E-state index is 12.7. The van der Waals surface area contributed by atoms with Gasteiger partial charge in [0, 0.05) is 19.3 Å². The van der Waals surface area contributed by atoms with Crippen molar-refractivity contribution in [3.05, 3.63) is 0 Å². The smallest absolute Gasteiger partial charge is 0.306 e. The van der Waals surface area contributed by atoms with Gasteiger partial charge in [-0.05, 0) is 25.2 Å². The van der Waals surface area contributed by atoms with Crippen LogP contribution in [0.1, 0.15) is 291 Å². The van der Waals surface area contributed by atoms with Gasteiger partial charge in [-0.2, -0.15) is 0 Å². The lowest BCUT2D eigenvalue weighted by Crippen LogP contribution is -2.30. The molecule has 0 aromatic carbocycles. The average Bonchev–Trinajstić information content (AvgIpc) is 3.21. The average molecular weight is 821 g/mol. The number of ether oxygens (including phenoxy) is 3. The van der Waals surface area contributed by atoms with E-state index in [2.05, 4.69) is 27.7 Å². The summed E-state index contributed by atoms with van der Waals surface area (Å²) in [4.78, 5) is 37.8. The van der Waals surface area contributed by atoms with Crippen LogP contribution in [0.5, 0.6) is 0 Å². The molecule has 0 rings (SSSR count). The first kappa shape index (κ1) is 56.4. The molecule has 1 atom stereocenters. The standard InChI is InChI=1S/C52H100O6/c1-5-7-9-11-13-15-17-19-20-21-22-23-25-27-29-31-36-40-44-51(54)57-47-49(58-52(55)45-41-37-33-32-34-38-42-48(3)4)46-56-50(53)43-39-35-30-28-26-24-18-16-14-12-10-8-6-2/h48-49H,5-47H2,1-4H3/t49-/m1/s1. The number of hydrogen-bond acceptors (Lipinski definition) is 6. The molecule has 0 aliphatic heterocycles. The lowest BCUT2D eigenvalue weighted by molar-refractivity contribution is -0.167. The van der Waals surface area contributed by atoms with Gasteiger partial charge < -0.3 is 14.2 Å². The van der Waals surface area contributed by atoms with Crippen LogP contribution in [0.3, 0.4) is 0 Å². The second kappa shape index (κ2) is 46.5. The zero-order valence-corrected chi connectivity index (χ0v) is 39.5. The molecule has 0 radical (unpaired) electrons. The third-order valence-electron chi connectivity index (χ3n) is 11.8. The topological polar surface area (TPSA) is 78.9 Å². The highest BCUT2D eigenvalue weighted by molar-refractivity contribution is 5.71. The molecular weight excluding hydrogens is 721 g/mol. The predicted molar refractivity (Wildman–Crippen MR) is 247 cm³/mol. The summed E-state index contributed by atoms with van der Waals surface area (Å²) in [6.07, 6.45) is 48.2. The Morgan fingerprint density at radius 3 is 0.845 bits per heavy atom. The summed E-state index contributed by atoms with van der Waals surface area (Å²) in [7, 11) is 0. The first-order chi connectivity index (χ1) is 28.4. The van der Waals surface area contributed by atoms with Gasteiger partial charge in [-0.25, -0.2) is 0 Å². The molecule has 0 aliphatic carbocycles. The van der Waals surface area contributed by atoms with E-state index < -0.39 is 6.10 Å². The molecule has 0 aliphatic rings. The summed E-state index contributed by atoms with van der Waals surface area (Å²) < 4.78 is 16.8. The van der Waals surface area contributed by atoms with Crippen molar-refractivity contribution in [2.75, 3.05) is 13.2 Å². The summed E-state index contributed by atoms with van der Waals surface area (Å²) in [5, 5.41) is 0. The van der Waals surface area contributed by atoms with Gasteiger partial charge in [-0.15, -0.1) is 0 Å². The first-order valence-electron chi connectivity index (χ1n) is 25.9. The second-order valence-corrected chi connectivity index (χ2v) is 18.3. The van der Waals surface area contributed by atoms with Gasteiger partial charge in [0.1, 0.15) is 13.2 Å². The molecule has 58 heavy (non-hydrogen) atoms. The molecule has 0 N–H and O–H groups in total. The number of carbonyl (C=O) groups is 3. The fraction of sp³-hybridized carbons (Fsp3) is 0.942. The second-order valence-electron chi connectivity index (χ2n) is 18.3. The molecule has 0 amide bonds. The van der Waals surface area contributed by atoms with Crippen molar-refractivity contribution in [1.29, 1.82) is 0 Å². The van der Waals surface area contributed by atoms with Crippen LogP contribution in [0.2, 0.25) is 0 Å². The molecule has 0 bridgehead atoms. The monoisotopic (exact) mass is 821 g/mol. The predicted octanol–water partition coefficient (Wildman–Crippen LogP) is 16.7. The van der Waals surface area contributed by atoms with Crippen LogP contribution in [-0.4, -0.2) is 37.2 Å². The van der Waals surface area contributed by atoms with Gasteiger partial charge in [-0.3, -0.25) is 14.4 Å². The molecule has 0 heterocycles. The Hall–Kier alpha value is -1.59. The molecule has 0 aromatic heterocycles. The number of rotatable bonds is 47. The van der Waals surface area contributed by atoms with Crippen molar-refractivity contribution in [3.8, 4) is 0 Å². The molecule has 344 valence electrons. The molecule has 0 saturated carbocycles. The van der Waals surface area contributed by atoms with E-state index in [9.17, 15) is 14.4 Å². The fourth-order valence-corrected chi connectivity index (χ4v) is 7.86. The molecule has 0 fully saturated rings. The van der Waals surface area contributed by atoms with E-state index in [1.807, 2.05) is 0 Å². The highest BCUT2D eigenvalue weighted by Crippen LogP contribution is 2.17. The summed E-state index contributed by atoms with van der Waals surface area (Å²) in [6, 6.07) is 0. The van der Waals surface area contributed by atoms with Crippen molar-refractivity contribution in [1.82, 2.24) is 0 Å². The summed E-state index contributed by atoms with van der Waals surface area (Å²) in [5.41, 5.74) is 0. The highest BCUT2D eigenvalue weighted by Gasteiger charge is 2.19. The van der Waals surface area contributed by atoms with Gasteiger partial charge in [0.05, 0.1) is 0 Å². The highest BCUT2D eigenvalue weighted by atomic mass is 16.6. The third kappa shape index (κ3) is 45.5. The Kier molecular flexibility index (Phi) is 45.2. The largest absolute Gasteiger partial charge is 0.462 e. The third-order valence-corrected chi connectivity index (χ3v) is 11.8. The van der Waals surface area contributed by atoms with Crippen molar-refractivity contribution < 1.29 is 28.6 Å². The first-order valence-corrected chi connectivity index (χ1v) is 25.9. The number of unbranched alkanes of at least 4 members (excludes halogenated alkanes) is 34. The molecule has 0 unspecified atom stereocenters. The fourth-order valence-electron chi connectivity index (χ4n) is 7.86. The molecule has 0 spiro atoms. The maximum Gasteiger partial charge on any atom is 0.306 e. The van der Waals surface area contributed by atoms with Crippen LogP contribution in [-0.2, 0) is 28.6 Å². The number of esters is 3. The Balaban J connectivity index is 4.21. The quantitative estimate of drug-likeness (QED) is 0.0346. The van der Waals surface area contributed by atoms with E-state index in [1.54, 1.807) is 0 Å². The molecular formula is C52H100O6. The Labute approximate surface area is 361 Å². The SMILES string of the molecule is CCCCCCCCCCCCCCCCCCCCC(=O)OC[C@@H](COC(=O)CCCCCCCCCCCCCCC)OC(=O)CCCCCCCCC(C)C. The lowest BCUT2D eigenvalue weighted by Gasteiger charge is -2.18. The number of hydrogen-bond donors (Lipinski definition) is 0. The van der Waals surface area contributed by atoms with Crippen LogP contribution in [0, 0.1) is 5.92 Å². The van der Waals surface area contributed by atoms with Gasteiger partial charge in [0.2, 0.25) is 0 Å². The van der Waals surface area contributed by atoms with Crippen LogP contribution in [0.15, 0.2) is 0 Å². The van der Waals surface area contributed by atoms with Crippen LogP contribution >= 0.6 is 0 Å². The van der Waals surface area contributed by atoms with Crippen LogP contribution in [0.4, 0.5) is 0 Å². The van der Waals surface area contributed by atoms with E-state index in [1.165, 1.54) is 186 Å². The minimum absolute atomic E-state index is 0.0640. The van der Waals surface area contributed by atoms with Crippen molar-refractivity contribution in [3.63, 3.8) is 0 Å². The Morgan fingerprint density at radius 2 is 0.569 bits per heavy atom. The van der Waals surface area contributed by atoms with Gasteiger partial charge in [0.15, 0.2) is 6.10 Å². The summed E-state index contributed by atoms with van der Waals surface area (Å²) in [5.74, 6) is -0.0917. The summed E-state index contributed by atoms with van der Waals surface area (Å²) >= 11 is 0. The Morgan fingerprint density at radius 1 is 0.328 bits per heavy atom. The minimum atomic E-state index is -0.761. The van der Waals surface area contributed by atoms with Crippen LogP contribution < -0.4 is 0 Å². The van der Waals surface area contributed by atoms with Crippen molar-refractivity contribution in [2.24, 2.45) is 5.92 Å².